The number of aromatic nitrogens is 2. The van der Waals surface area contributed by atoms with Gasteiger partial charge in [0.1, 0.15) is 5.76 Å². The number of hydrogen-bond acceptors (Lipinski definition) is 3. The molecule has 3 aromatic rings. The highest BCUT2D eigenvalue weighted by Gasteiger charge is 2.32. The smallest absolute Gasteiger partial charge is 0.254 e. The molecule has 1 atom stereocenters. The lowest BCUT2D eigenvalue weighted by Crippen LogP contribution is -2.30. The molecule has 1 aliphatic rings. The van der Waals surface area contributed by atoms with Crippen LogP contribution in [0.15, 0.2) is 65.5 Å². The summed E-state index contributed by atoms with van der Waals surface area (Å²) >= 11 is 0. The highest BCUT2D eigenvalue weighted by atomic mass is 16.3. The van der Waals surface area contributed by atoms with E-state index in [-0.39, 0.29) is 11.9 Å². The quantitative estimate of drug-likeness (QED) is 0.745. The summed E-state index contributed by atoms with van der Waals surface area (Å²) < 4.78 is 7.26. The molecular formula is C18H17N3O2. The van der Waals surface area contributed by atoms with Crippen molar-refractivity contribution in [2.75, 3.05) is 6.54 Å². The van der Waals surface area contributed by atoms with E-state index in [1.807, 2.05) is 53.6 Å². The van der Waals surface area contributed by atoms with Gasteiger partial charge >= 0.3 is 0 Å². The lowest BCUT2D eigenvalue weighted by molar-refractivity contribution is 0.0720. The van der Waals surface area contributed by atoms with Gasteiger partial charge in [0, 0.05) is 24.5 Å². The van der Waals surface area contributed by atoms with Crippen LogP contribution in [0.1, 0.15) is 35.0 Å². The van der Waals surface area contributed by atoms with Crippen molar-refractivity contribution < 1.29 is 9.21 Å². The minimum absolute atomic E-state index is 0.0332. The monoisotopic (exact) mass is 307 g/mol. The highest BCUT2D eigenvalue weighted by molar-refractivity contribution is 5.95. The first-order valence-corrected chi connectivity index (χ1v) is 7.77. The Kier molecular flexibility index (Phi) is 3.46. The number of rotatable bonds is 3. The topological polar surface area (TPSA) is 51.3 Å². The minimum atomic E-state index is 0.0332. The predicted octanol–water partition coefficient (Wildman–Crippen LogP) is 3.44. The SMILES string of the molecule is O=C(c1cccc(-n2cccn2)c1)N1CCC[C@@H]1c1ccco1. The van der Waals surface area contributed by atoms with Crippen molar-refractivity contribution >= 4 is 5.91 Å². The van der Waals surface area contributed by atoms with Gasteiger partial charge in [-0.3, -0.25) is 4.79 Å². The third-order valence-corrected chi connectivity index (χ3v) is 4.25. The van der Waals surface area contributed by atoms with Gasteiger partial charge in [-0.1, -0.05) is 6.07 Å². The molecule has 5 heteroatoms. The molecule has 0 unspecified atom stereocenters. The van der Waals surface area contributed by atoms with Crippen LogP contribution in [0.4, 0.5) is 0 Å². The molecule has 0 saturated carbocycles. The van der Waals surface area contributed by atoms with Gasteiger partial charge in [-0.25, -0.2) is 4.68 Å². The summed E-state index contributed by atoms with van der Waals surface area (Å²) in [5, 5.41) is 4.22. The van der Waals surface area contributed by atoms with Crippen LogP contribution < -0.4 is 0 Å². The van der Waals surface area contributed by atoms with Crippen molar-refractivity contribution in [3.63, 3.8) is 0 Å². The molecule has 1 aromatic carbocycles. The van der Waals surface area contributed by atoms with Crippen molar-refractivity contribution in [1.29, 1.82) is 0 Å². The molecule has 3 heterocycles. The van der Waals surface area contributed by atoms with Gasteiger partial charge < -0.3 is 9.32 Å². The third-order valence-electron chi connectivity index (χ3n) is 4.25. The van der Waals surface area contributed by atoms with Gasteiger partial charge in [-0.2, -0.15) is 5.10 Å². The Bertz CT molecular complexity index is 794. The maximum Gasteiger partial charge on any atom is 0.254 e. The number of likely N-dealkylation sites (tertiary alicyclic amines) is 1. The summed E-state index contributed by atoms with van der Waals surface area (Å²) in [6, 6.07) is 13.3. The first-order chi connectivity index (χ1) is 11.3. The van der Waals surface area contributed by atoms with Crippen LogP contribution in [-0.2, 0) is 0 Å². The lowest BCUT2D eigenvalue weighted by Gasteiger charge is -2.23. The second kappa shape index (κ2) is 5.76. The van der Waals surface area contributed by atoms with Crippen LogP contribution in [0, 0.1) is 0 Å². The van der Waals surface area contributed by atoms with Crippen molar-refractivity contribution in [3.05, 3.63) is 72.4 Å². The fourth-order valence-electron chi connectivity index (χ4n) is 3.16. The maximum atomic E-state index is 12.9. The number of nitrogens with zero attached hydrogens (tertiary/aromatic N) is 3. The van der Waals surface area contributed by atoms with Gasteiger partial charge in [-0.15, -0.1) is 0 Å². The number of furan rings is 1. The van der Waals surface area contributed by atoms with E-state index in [9.17, 15) is 4.79 Å². The number of amides is 1. The Morgan fingerprint density at radius 3 is 2.96 bits per heavy atom. The van der Waals surface area contributed by atoms with E-state index >= 15 is 0 Å². The fourth-order valence-corrected chi connectivity index (χ4v) is 3.16. The molecule has 2 aromatic heterocycles. The van der Waals surface area contributed by atoms with Crippen molar-refractivity contribution in [3.8, 4) is 5.69 Å². The van der Waals surface area contributed by atoms with E-state index in [1.54, 1.807) is 17.1 Å². The molecule has 23 heavy (non-hydrogen) atoms. The molecule has 0 spiro atoms. The van der Waals surface area contributed by atoms with Crippen molar-refractivity contribution in [2.45, 2.75) is 18.9 Å². The van der Waals surface area contributed by atoms with E-state index in [0.29, 0.717) is 5.56 Å². The maximum absolute atomic E-state index is 12.9. The summed E-state index contributed by atoms with van der Waals surface area (Å²) in [5.74, 6) is 0.900. The first kappa shape index (κ1) is 13.8. The Morgan fingerprint density at radius 1 is 1.22 bits per heavy atom. The highest BCUT2D eigenvalue weighted by Crippen LogP contribution is 2.33. The Morgan fingerprint density at radius 2 is 2.17 bits per heavy atom. The lowest BCUT2D eigenvalue weighted by atomic mass is 10.1. The molecule has 1 fully saturated rings. The van der Waals surface area contributed by atoms with Crippen molar-refractivity contribution in [2.24, 2.45) is 0 Å². The van der Waals surface area contributed by atoms with Crippen LogP contribution in [0.25, 0.3) is 5.69 Å². The number of benzene rings is 1. The van der Waals surface area contributed by atoms with Gasteiger partial charge in [0.05, 0.1) is 18.0 Å². The standard InChI is InChI=1S/C18H17N3O2/c22-18(20-10-2-7-16(20)17-8-3-12-23-17)14-5-1-6-15(13-14)21-11-4-9-19-21/h1,3-6,8-9,11-13,16H,2,7,10H2/t16-/m1/s1. The average molecular weight is 307 g/mol. The minimum Gasteiger partial charge on any atom is -0.467 e. The zero-order valence-electron chi connectivity index (χ0n) is 12.6. The summed E-state index contributed by atoms with van der Waals surface area (Å²) in [6.45, 7) is 0.760. The van der Waals surface area contributed by atoms with E-state index in [4.69, 9.17) is 4.42 Å². The molecule has 0 radical (unpaired) electrons. The summed E-state index contributed by atoms with van der Waals surface area (Å²) in [4.78, 5) is 14.8. The van der Waals surface area contributed by atoms with Crippen LogP contribution in [-0.4, -0.2) is 27.1 Å². The molecule has 0 N–H and O–H groups in total. The molecule has 1 aliphatic heterocycles. The van der Waals surface area contributed by atoms with Crippen LogP contribution in [0.2, 0.25) is 0 Å². The summed E-state index contributed by atoms with van der Waals surface area (Å²) in [5.41, 5.74) is 1.56. The van der Waals surface area contributed by atoms with E-state index < -0.39 is 0 Å². The molecule has 1 saturated heterocycles. The molecule has 0 aliphatic carbocycles. The Labute approximate surface area is 134 Å². The molecule has 116 valence electrons. The molecule has 4 rings (SSSR count). The van der Waals surface area contributed by atoms with Crippen LogP contribution in [0.3, 0.4) is 0 Å². The van der Waals surface area contributed by atoms with E-state index in [2.05, 4.69) is 5.10 Å². The van der Waals surface area contributed by atoms with Gasteiger partial charge in [-0.05, 0) is 49.2 Å². The van der Waals surface area contributed by atoms with Gasteiger partial charge in [0.2, 0.25) is 0 Å². The number of hydrogen-bond donors (Lipinski definition) is 0. The van der Waals surface area contributed by atoms with Crippen molar-refractivity contribution in [1.82, 2.24) is 14.7 Å². The van der Waals surface area contributed by atoms with Gasteiger partial charge in [0.15, 0.2) is 0 Å². The molecule has 1 amide bonds. The zero-order valence-corrected chi connectivity index (χ0v) is 12.6. The molecule has 0 bridgehead atoms. The Balaban J connectivity index is 1.63. The summed E-state index contributed by atoms with van der Waals surface area (Å²) in [7, 11) is 0. The Hall–Kier alpha value is -2.82. The van der Waals surface area contributed by atoms with Crippen LogP contribution in [0.5, 0.6) is 0 Å². The van der Waals surface area contributed by atoms with E-state index in [0.717, 1.165) is 30.8 Å². The molecular weight excluding hydrogens is 290 g/mol. The zero-order chi connectivity index (χ0) is 15.6. The predicted molar refractivity (Wildman–Crippen MR) is 85.3 cm³/mol. The second-order valence-electron chi connectivity index (χ2n) is 5.67. The molecule has 5 nitrogen and oxygen atoms in total. The fraction of sp³-hybridized carbons (Fsp3) is 0.222. The average Bonchev–Trinajstić information content (AvgIpc) is 3.35. The third kappa shape index (κ3) is 2.54. The van der Waals surface area contributed by atoms with Gasteiger partial charge in [0.25, 0.3) is 5.91 Å². The second-order valence-corrected chi connectivity index (χ2v) is 5.67. The van der Waals surface area contributed by atoms with Crippen LogP contribution >= 0.6 is 0 Å². The summed E-state index contributed by atoms with van der Waals surface area (Å²) in [6.07, 6.45) is 7.19. The largest absolute Gasteiger partial charge is 0.467 e. The van der Waals surface area contributed by atoms with E-state index in [1.165, 1.54) is 0 Å². The number of carbonyl (C=O) groups excluding carboxylic acids is 1. The first-order valence-electron chi connectivity index (χ1n) is 7.77. The normalized spacial score (nSPS) is 17.6. The number of carbonyl (C=O) groups is 1.